The van der Waals surface area contributed by atoms with Crippen LogP contribution < -0.4 is 0 Å². The van der Waals surface area contributed by atoms with Crippen LogP contribution in [0.5, 0.6) is 0 Å². The second-order valence-electron chi connectivity index (χ2n) is 3.95. The summed E-state index contributed by atoms with van der Waals surface area (Å²) in [7, 11) is 0. The summed E-state index contributed by atoms with van der Waals surface area (Å²) in [5, 5.41) is 21.7. The summed E-state index contributed by atoms with van der Waals surface area (Å²) in [6.07, 6.45) is 1.70. The van der Waals surface area contributed by atoms with Crippen molar-refractivity contribution in [3.63, 3.8) is 0 Å². The lowest BCUT2D eigenvalue weighted by atomic mass is 10.1. The quantitative estimate of drug-likeness (QED) is 0.908. The van der Waals surface area contributed by atoms with E-state index in [4.69, 9.17) is 11.6 Å². The van der Waals surface area contributed by atoms with Crippen molar-refractivity contribution in [1.29, 1.82) is 0 Å². The van der Waals surface area contributed by atoms with Crippen LogP contribution in [0.25, 0.3) is 11.4 Å². The first-order chi connectivity index (χ1) is 8.13. The zero-order valence-corrected chi connectivity index (χ0v) is 10.4. The number of aliphatic hydroxyl groups is 1. The second-order valence-corrected chi connectivity index (χ2v) is 4.34. The molecule has 0 aromatic carbocycles. The molecule has 5 nitrogen and oxygen atoms in total. The molecule has 0 fully saturated rings. The van der Waals surface area contributed by atoms with Crippen LogP contribution in [0.15, 0.2) is 18.3 Å². The van der Waals surface area contributed by atoms with Gasteiger partial charge in [-0.1, -0.05) is 11.6 Å². The van der Waals surface area contributed by atoms with Gasteiger partial charge in [0.2, 0.25) is 0 Å². The molecular formula is C11H13ClN4O. The molecule has 0 saturated carbocycles. The third-order valence-electron chi connectivity index (χ3n) is 2.42. The van der Waals surface area contributed by atoms with Crippen molar-refractivity contribution in [2.75, 3.05) is 0 Å². The first-order valence-electron chi connectivity index (χ1n) is 5.30. The fourth-order valence-corrected chi connectivity index (χ4v) is 1.82. The molecule has 0 aliphatic carbocycles. The minimum atomic E-state index is -0.131. The summed E-state index contributed by atoms with van der Waals surface area (Å²) >= 11 is 5.75. The van der Waals surface area contributed by atoms with Gasteiger partial charge in [0.15, 0.2) is 5.15 Å². The Hall–Kier alpha value is -1.46. The molecule has 2 aromatic rings. The molecule has 0 spiro atoms. The molecule has 0 radical (unpaired) electrons. The van der Waals surface area contributed by atoms with E-state index in [-0.39, 0.29) is 17.8 Å². The molecule has 1 N–H and O–H groups in total. The largest absolute Gasteiger partial charge is 0.392 e. The minimum Gasteiger partial charge on any atom is -0.392 e. The van der Waals surface area contributed by atoms with E-state index in [9.17, 15) is 5.11 Å². The van der Waals surface area contributed by atoms with Crippen LogP contribution in [-0.2, 0) is 6.61 Å². The van der Waals surface area contributed by atoms with Gasteiger partial charge in [-0.3, -0.25) is 4.68 Å². The average Bonchev–Trinajstić information content (AvgIpc) is 2.77. The maximum atomic E-state index is 9.32. The lowest BCUT2D eigenvalue weighted by Crippen LogP contribution is -2.07. The van der Waals surface area contributed by atoms with Crippen molar-refractivity contribution in [2.24, 2.45) is 0 Å². The van der Waals surface area contributed by atoms with E-state index in [1.807, 2.05) is 24.6 Å². The van der Waals surface area contributed by atoms with Crippen molar-refractivity contribution in [3.05, 3.63) is 29.0 Å². The summed E-state index contributed by atoms with van der Waals surface area (Å²) in [6, 6.07) is 3.67. The number of halogens is 1. The molecule has 17 heavy (non-hydrogen) atoms. The molecule has 0 bridgehead atoms. The van der Waals surface area contributed by atoms with Gasteiger partial charge >= 0.3 is 0 Å². The predicted octanol–water partition coefficient (Wildman–Crippen LogP) is 2.07. The molecule has 2 heterocycles. The first kappa shape index (κ1) is 12.0. The van der Waals surface area contributed by atoms with E-state index in [0.29, 0.717) is 11.3 Å². The van der Waals surface area contributed by atoms with E-state index in [1.54, 1.807) is 12.3 Å². The number of hydrogen-bond acceptors (Lipinski definition) is 4. The minimum absolute atomic E-state index is 0.131. The molecule has 0 aliphatic rings. The van der Waals surface area contributed by atoms with Crippen molar-refractivity contribution in [1.82, 2.24) is 20.0 Å². The molecule has 90 valence electrons. The number of aromatic nitrogens is 4. The molecule has 2 aromatic heterocycles. The number of rotatable bonds is 3. The van der Waals surface area contributed by atoms with Crippen molar-refractivity contribution < 1.29 is 5.11 Å². The zero-order chi connectivity index (χ0) is 12.4. The third-order valence-corrected chi connectivity index (χ3v) is 2.60. The topological polar surface area (TPSA) is 63.8 Å². The van der Waals surface area contributed by atoms with Gasteiger partial charge in [-0.15, -0.1) is 10.2 Å². The summed E-state index contributed by atoms with van der Waals surface area (Å²) in [6.45, 7) is 3.92. The molecule has 2 rings (SSSR count). The van der Waals surface area contributed by atoms with Gasteiger partial charge in [0.05, 0.1) is 12.3 Å². The number of hydrogen-bond donors (Lipinski definition) is 1. The van der Waals surface area contributed by atoms with E-state index >= 15 is 0 Å². The van der Waals surface area contributed by atoms with Crippen molar-refractivity contribution >= 4 is 11.6 Å². The van der Waals surface area contributed by atoms with Gasteiger partial charge in [0.25, 0.3) is 0 Å². The van der Waals surface area contributed by atoms with Crippen molar-refractivity contribution in [2.45, 2.75) is 26.5 Å². The molecular weight excluding hydrogens is 240 g/mol. The van der Waals surface area contributed by atoms with Gasteiger partial charge in [0, 0.05) is 17.8 Å². The SMILES string of the molecule is CC(C)n1nccc1-c1nnc(Cl)cc1CO. The Morgan fingerprint density at radius 2 is 2.18 bits per heavy atom. The van der Waals surface area contributed by atoms with E-state index in [0.717, 1.165) is 5.69 Å². The highest BCUT2D eigenvalue weighted by molar-refractivity contribution is 6.29. The Morgan fingerprint density at radius 1 is 1.41 bits per heavy atom. The summed E-state index contributed by atoms with van der Waals surface area (Å²) < 4.78 is 1.83. The standard InChI is InChI=1S/C11H13ClN4O/c1-7(2)16-9(3-4-13-16)11-8(6-17)5-10(12)14-15-11/h3-5,7,17H,6H2,1-2H3. The molecule has 0 unspecified atom stereocenters. The summed E-state index contributed by atoms with van der Waals surface area (Å²) in [5.41, 5.74) is 2.09. The molecule has 0 amide bonds. The fraction of sp³-hybridized carbons (Fsp3) is 0.364. The third kappa shape index (κ3) is 2.30. The molecule has 0 atom stereocenters. The van der Waals surface area contributed by atoms with Gasteiger partial charge in [-0.05, 0) is 26.0 Å². The van der Waals surface area contributed by atoms with Crippen LogP contribution in [0.3, 0.4) is 0 Å². The first-order valence-corrected chi connectivity index (χ1v) is 5.68. The van der Waals surface area contributed by atoms with Crippen LogP contribution in [0.4, 0.5) is 0 Å². The van der Waals surface area contributed by atoms with E-state index in [2.05, 4.69) is 15.3 Å². The maximum absolute atomic E-state index is 9.32. The maximum Gasteiger partial charge on any atom is 0.152 e. The summed E-state index contributed by atoms with van der Waals surface area (Å²) in [5.74, 6) is 0. The highest BCUT2D eigenvalue weighted by Gasteiger charge is 2.14. The van der Waals surface area contributed by atoms with Gasteiger partial charge in [-0.2, -0.15) is 5.10 Å². The Bertz CT molecular complexity index is 524. The van der Waals surface area contributed by atoms with Gasteiger partial charge in [0.1, 0.15) is 5.69 Å². The Kier molecular flexibility index (Phi) is 3.40. The summed E-state index contributed by atoms with van der Waals surface area (Å²) in [4.78, 5) is 0. The predicted molar refractivity (Wildman–Crippen MR) is 64.6 cm³/mol. The highest BCUT2D eigenvalue weighted by Crippen LogP contribution is 2.24. The fourth-order valence-electron chi connectivity index (χ4n) is 1.65. The monoisotopic (exact) mass is 252 g/mol. The lowest BCUT2D eigenvalue weighted by molar-refractivity contribution is 0.281. The zero-order valence-electron chi connectivity index (χ0n) is 9.63. The van der Waals surface area contributed by atoms with E-state index < -0.39 is 0 Å². The number of aliphatic hydroxyl groups excluding tert-OH is 1. The van der Waals surface area contributed by atoms with E-state index in [1.165, 1.54) is 0 Å². The normalized spacial score (nSPS) is 11.1. The Labute approximate surface area is 104 Å². The van der Waals surface area contributed by atoms with Crippen molar-refractivity contribution in [3.8, 4) is 11.4 Å². The molecule has 6 heteroatoms. The van der Waals surface area contributed by atoms with Gasteiger partial charge in [-0.25, -0.2) is 0 Å². The van der Waals surface area contributed by atoms with Crippen LogP contribution in [0, 0.1) is 0 Å². The van der Waals surface area contributed by atoms with Crippen LogP contribution >= 0.6 is 11.6 Å². The van der Waals surface area contributed by atoms with Crippen LogP contribution in [0.1, 0.15) is 25.5 Å². The van der Waals surface area contributed by atoms with Gasteiger partial charge < -0.3 is 5.11 Å². The Balaban J connectivity index is 2.56. The average molecular weight is 253 g/mol. The van der Waals surface area contributed by atoms with Crippen LogP contribution in [-0.4, -0.2) is 25.1 Å². The second kappa shape index (κ2) is 4.81. The number of nitrogens with zero attached hydrogens (tertiary/aromatic N) is 4. The lowest BCUT2D eigenvalue weighted by Gasteiger charge is -2.12. The van der Waals surface area contributed by atoms with Crippen LogP contribution in [0.2, 0.25) is 5.15 Å². The molecule has 0 saturated heterocycles. The molecule has 0 aliphatic heterocycles. The smallest absolute Gasteiger partial charge is 0.152 e. The Morgan fingerprint density at radius 3 is 2.82 bits per heavy atom. The highest BCUT2D eigenvalue weighted by atomic mass is 35.5.